The Labute approximate surface area is 113 Å². The first-order valence-electron chi connectivity index (χ1n) is 6.84. The van der Waals surface area contributed by atoms with E-state index in [1.165, 1.54) is 6.07 Å². The highest BCUT2D eigenvalue weighted by Gasteiger charge is 2.20. The van der Waals surface area contributed by atoms with Gasteiger partial charge in [-0.05, 0) is 24.9 Å². The van der Waals surface area contributed by atoms with Crippen molar-refractivity contribution in [3.63, 3.8) is 0 Å². The fraction of sp³-hybridized carbons (Fsp3) is 0.600. The molecular formula is C15H22F3N. The highest BCUT2D eigenvalue weighted by Crippen LogP contribution is 2.25. The van der Waals surface area contributed by atoms with Crippen LogP contribution in [-0.4, -0.2) is 6.54 Å². The second-order valence-electron chi connectivity index (χ2n) is 5.20. The van der Waals surface area contributed by atoms with Gasteiger partial charge in [0.2, 0.25) is 0 Å². The molecule has 19 heavy (non-hydrogen) atoms. The SMILES string of the molecule is CCNC(CCCC(C)C)c1ccc(F)c(F)c1F. The maximum absolute atomic E-state index is 13.8. The van der Waals surface area contributed by atoms with Crippen molar-refractivity contribution in [2.75, 3.05) is 6.54 Å². The zero-order valence-electron chi connectivity index (χ0n) is 11.8. The minimum Gasteiger partial charge on any atom is -0.310 e. The molecule has 0 amide bonds. The van der Waals surface area contributed by atoms with E-state index in [1.807, 2.05) is 6.92 Å². The summed E-state index contributed by atoms with van der Waals surface area (Å²) in [5, 5.41) is 3.13. The number of halogens is 3. The van der Waals surface area contributed by atoms with Gasteiger partial charge in [0.1, 0.15) is 0 Å². The third kappa shape index (κ3) is 4.53. The molecule has 0 aliphatic carbocycles. The Balaban J connectivity index is 2.83. The molecule has 0 fully saturated rings. The van der Waals surface area contributed by atoms with Crippen molar-refractivity contribution in [2.45, 2.75) is 46.1 Å². The summed E-state index contributed by atoms with van der Waals surface area (Å²) < 4.78 is 40.0. The van der Waals surface area contributed by atoms with Crippen LogP contribution in [0, 0.1) is 23.4 Å². The summed E-state index contributed by atoms with van der Waals surface area (Å²) >= 11 is 0. The van der Waals surface area contributed by atoms with Crippen LogP contribution < -0.4 is 5.32 Å². The molecule has 1 N–H and O–H groups in total. The second-order valence-corrected chi connectivity index (χ2v) is 5.20. The van der Waals surface area contributed by atoms with Crippen molar-refractivity contribution in [1.82, 2.24) is 5.32 Å². The lowest BCUT2D eigenvalue weighted by atomic mass is 9.97. The van der Waals surface area contributed by atoms with Crippen LogP contribution in [0.4, 0.5) is 13.2 Å². The molecule has 0 aromatic heterocycles. The number of rotatable bonds is 7. The van der Waals surface area contributed by atoms with Gasteiger partial charge >= 0.3 is 0 Å². The Kier molecular flexibility index (Phi) is 6.35. The van der Waals surface area contributed by atoms with Gasteiger partial charge < -0.3 is 5.32 Å². The maximum Gasteiger partial charge on any atom is 0.194 e. The van der Waals surface area contributed by atoms with Gasteiger partial charge in [0.15, 0.2) is 17.5 Å². The number of nitrogens with one attached hydrogen (secondary N) is 1. The van der Waals surface area contributed by atoms with Crippen molar-refractivity contribution < 1.29 is 13.2 Å². The molecule has 0 heterocycles. The van der Waals surface area contributed by atoms with Gasteiger partial charge in [0, 0.05) is 11.6 Å². The topological polar surface area (TPSA) is 12.0 Å². The van der Waals surface area contributed by atoms with Crippen molar-refractivity contribution in [3.8, 4) is 0 Å². The first-order valence-corrected chi connectivity index (χ1v) is 6.84. The molecule has 108 valence electrons. The van der Waals surface area contributed by atoms with Crippen LogP contribution in [0.2, 0.25) is 0 Å². The Bertz CT molecular complexity index is 405. The van der Waals surface area contributed by atoms with Crippen LogP contribution in [-0.2, 0) is 0 Å². The number of hydrogen-bond acceptors (Lipinski definition) is 1. The Hall–Kier alpha value is -1.03. The summed E-state index contributed by atoms with van der Waals surface area (Å²) in [4.78, 5) is 0. The van der Waals surface area contributed by atoms with E-state index in [0.29, 0.717) is 18.9 Å². The van der Waals surface area contributed by atoms with E-state index in [2.05, 4.69) is 19.2 Å². The minimum absolute atomic E-state index is 0.213. The van der Waals surface area contributed by atoms with Gasteiger partial charge in [0.25, 0.3) is 0 Å². The van der Waals surface area contributed by atoms with Gasteiger partial charge in [-0.1, -0.05) is 39.7 Å². The summed E-state index contributed by atoms with van der Waals surface area (Å²) in [6.45, 7) is 6.82. The van der Waals surface area contributed by atoms with Crippen molar-refractivity contribution in [3.05, 3.63) is 35.1 Å². The van der Waals surface area contributed by atoms with Crippen LogP contribution in [0.1, 0.15) is 51.6 Å². The largest absolute Gasteiger partial charge is 0.310 e. The second kappa shape index (κ2) is 7.53. The summed E-state index contributed by atoms with van der Waals surface area (Å²) in [5.41, 5.74) is 0.213. The third-order valence-electron chi connectivity index (χ3n) is 3.17. The van der Waals surface area contributed by atoms with E-state index in [9.17, 15) is 13.2 Å². The van der Waals surface area contributed by atoms with E-state index in [4.69, 9.17) is 0 Å². The summed E-state index contributed by atoms with van der Waals surface area (Å²) in [7, 11) is 0. The van der Waals surface area contributed by atoms with Crippen molar-refractivity contribution in [2.24, 2.45) is 5.92 Å². The van der Waals surface area contributed by atoms with Crippen LogP contribution in [0.25, 0.3) is 0 Å². The zero-order chi connectivity index (χ0) is 14.4. The predicted octanol–water partition coefficient (Wildman–Crippen LogP) is 4.58. The molecule has 0 radical (unpaired) electrons. The molecule has 0 aliphatic heterocycles. The van der Waals surface area contributed by atoms with E-state index < -0.39 is 17.5 Å². The molecule has 1 unspecified atom stereocenters. The van der Waals surface area contributed by atoms with E-state index >= 15 is 0 Å². The van der Waals surface area contributed by atoms with Crippen LogP contribution >= 0.6 is 0 Å². The zero-order valence-corrected chi connectivity index (χ0v) is 11.8. The smallest absolute Gasteiger partial charge is 0.194 e. The molecule has 0 aliphatic rings. The molecule has 0 bridgehead atoms. The molecule has 1 aromatic carbocycles. The average molecular weight is 273 g/mol. The molecule has 0 saturated heterocycles. The van der Waals surface area contributed by atoms with Crippen LogP contribution in [0.15, 0.2) is 12.1 Å². The number of benzene rings is 1. The van der Waals surface area contributed by atoms with Gasteiger partial charge in [-0.25, -0.2) is 13.2 Å². The molecule has 0 spiro atoms. The predicted molar refractivity (Wildman–Crippen MR) is 71.4 cm³/mol. The molecule has 0 saturated carbocycles. The van der Waals surface area contributed by atoms with Gasteiger partial charge in [-0.3, -0.25) is 0 Å². The molecule has 1 aromatic rings. The quantitative estimate of drug-likeness (QED) is 0.717. The molecule has 1 atom stereocenters. The van der Waals surface area contributed by atoms with E-state index in [1.54, 1.807) is 0 Å². The lowest BCUT2D eigenvalue weighted by Crippen LogP contribution is -2.22. The fourth-order valence-electron chi connectivity index (χ4n) is 2.15. The summed E-state index contributed by atoms with van der Waals surface area (Å²) in [5.74, 6) is -3.02. The normalized spacial score (nSPS) is 13.0. The number of hydrogen-bond donors (Lipinski definition) is 1. The molecule has 4 heteroatoms. The first kappa shape index (κ1) is 16.0. The Morgan fingerprint density at radius 1 is 1.05 bits per heavy atom. The summed E-state index contributed by atoms with van der Waals surface area (Å²) in [6, 6.07) is 2.05. The molecule has 1 nitrogen and oxygen atoms in total. The highest BCUT2D eigenvalue weighted by atomic mass is 19.2. The molecular weight excluding hydrogens is 251 g/mol. The lowest BCUT2D eigenvalue weighted by molar-refractivity contribution is 0.408. The third-order valence-corrected chi connectivity index (χ3v) is 3.17. The Morgan fingerprint density at radius 2 is 1.74 bits per heavy atom. The van der Waals surface area contributed by atoms with Crippen molar-refractivity contribution in [1.29, 1.82) is 0 Å². The van der Waals surface area contributed by atoms with Crippen LogP contribution in [0.3, 0.4) is 0 Å². The summed E-state index contributed by atoms with van der Waals surface area (Å²) in [6.07, 6.45) is 2.68. The van der Waals surface area contributed by atoms with E-state index in [0.717, 1.165) is 18.9 Å². The minimum atomic E-state index is -1.38. The molecule has 1 rings (SSSR count). The van der Waals surface area contributed by atoms with Gasteiger partial charge in [-0.15, -0.1) is 0 Å². The lowest BCUT2D eigenvalue weighted by Gasteiger charge is -2.19. The maximum atomic E-state index is 13.8. The fourth-order valence-corrected chi connectivity index (χ4v) is 2.15. The van der Waals surface area contributed by atoms with E-state index in [-0.39, 0.29) is 11.6 Å². The monoisotopic (exact) mass is 273 g/mol. The van der Waals surface area contributed by atoms with Gasteiger partial charge in [-0.2, -0.15) is 0 Å². The Morgan fingerprint density at radius 3 is 2.32 bits per heavy atom. The van der Waals surface area contributed by atoms with Gasteiger partial charge in [0.05, 0.1) is 0 Å². The first-order chi connectivity index (χ1) is 8.97. The van der Waals surface area contributed by atoms with Crippen LogP contribution in [0.5, 0.6) is 0 Å². The standard InChI is InChI=1S/C15H22F3N/c1-4-19-13(7-5-6-10(2)3)11-8-9-12(16)15(18)14(11)17/h8-10,13,19H,4-7H2,1-3H3. The average Bonchev–Trinajstić information content (AvgIpc) is 2.35. The van der Waals surface area contributed by atoms with Crippen molar-refractivity contribution >= 4 is 0 Å². The highest BCUT2D eigenvalue weighted by molar-refractivity contribution is 5.23.